The zero-order chi connectivity index (χ0) is 21.2. The molecule has 0 aliphatic heterocycles. The molecule has 0 heterocycles. The zero-order valence-corrected chi connectivity index (χ0v) is 18.6. The number of fused-ring (bicyclic) bond motifs is 1. The van der Waals surface area contributed by atoms with Crippen LogP contribution >= 0.6 is 12.2 Å². The largest absolute Gasteiger partial charge is 0.403 e. The van der Waals surface area contributed by atoms with Gasteiger partial charge < -0.3 is 5.73 Å². The summed E-state index contributed by atoms with van der Waals surface area (Å²) < 4.78 is 0. The van der Waals surface area contributed by atoms with Crippen molar-refractivity contribution in [2.45, 2.75) is 40.0 Å². The summed E-state index contributed by atoms with van der Waals surface area (Å²) in [5, 5.41) is 2.44. The summed E-state index contributed by atoms with van der Waals surface area (Å²) in [5.74, 6) is 0. The highest BCUT2D eigenvalue weighted by molar-refractivity contribution is 7.82. The molecule has 0 amide bonds. The molecule has 0 atom stereocenters. The first kappa shape index (κ1) is 22.6. The maximum atomic E-state index is 5.84. The molecular formula is C27H31NS. The standard InChI is InChI=1S/C21H18S.C6H13N/c1-3-17(18-12-6-4-9-15(18)2)21(22)20-14-8-11-16-10-5-7-13-19(16)20;1-3-4-5-6(2)7/h3-14H,1-2H3;2-5,7H2,1H3/b17-3+;. The van der Waals surface area contributed by atoms with Gasteiger partial charge in [0.1, 0.15) is 0 Å². The molecule has 0 aromatic heterocycles. The van der Waals surface area contributed by atoms with E-state index in [1.807, 2.05) is 0 Å². The van der Waals surface area contributed by atoms with Crippen LogP contribution in [0.1, 0.15) is 49.8 Å². The number of hydrogen-bond acceptors (Lipinski definition) is 2. The molecule has 0 bridgehead atoms. The van der Waals surface area contributed by atoms with Crippen molar-refractivity contribution in [2.24, 2.45) is 5.73 Å². The molecule has 3 rings (SSSR count). The minimum absolute atomic E-state index is 0.807. The summed E-state index contributed by atoms with van der Waals surface area (Å²) in [4.78, 5) is 0.911. The van der Waals surface area contributed by atoms with Crippen molar-refractivity contribution in [1.29, 1.82) is 0 Å². The predicted octanol–water partition coefficient (Wildman–Crippen LogP) is 7.62. The van der Waals surface area contributed by atoms with E-state index >= 15 is 0 Å². The van der Waals surface area contributed by atoms with Crippen molar-refractivity contribution < 1.29 is 0 Å². The van der Waals surface area contributed by atoms with Gasteiger partial charge in [-0.3, -0.25) is 0 Å². The van der Waals surface area contributed by atoms with Crippen LogP contribution in [0.4, 0.5) is 0 Å². The molecule has 3 aromatic carbocycles. The first-order chi connectivity index (χ1) is 14.0. The third kappa shape index (κ3) is 6.13. The van der Waals surface area contributed by atoms with Crippen LogP contribution in [0.25, 0.3) is 16.3 Å². The normalized spacial score (nSPS) is 10.9. The third-order valence-electron chi connectivity index (χ3n) is 4.85. The van der Waals surface area contributed by atoms with Crippen molar-refractivity contribution >= 4 is 33.4 Å². The highest BCUT2D eigenvalue weighted by Gasteiger charge is 2.13. The molecule has 3 aromatic rings. The molecule has 0 saturated carbocycles. The summed E-state index contributed by atoms with van der Waals surface area (Å²) in [6.45, 7) is 9.90. The average Bonchev–Trinajstić information content (AvgIpc) is 2.74. The van der Waals surface area contributed by atoms with Crippen LogP contribution in [-0.4, -0.2) is 4.86 Å². The molecule has 2 N–H and O–H groups in total. The fourth-order valence-electron chi connectivity index (χ4n) is 3.26. The summed E-state index contributed by atoms with van der Waals surface area (Å²) >= 11 is 5.84. The van der Waals surface area contributed by atoms with Crippen LogP contribution in [0.5, 0.6) is 0 Å². The van der Waals surface area contributed by atoms with E-state index in [1.165, 1.54) is 34.7 Å². The van der Waals surface area contributed by atoms with Gasteiger partial charge >= 0.3 is 0 Å². The summed E-state index contributed by atoms with van der Waals surface area (Å²) in [6, 6.07) is 23.1. The Labute approximate surface area is 181 Å². The molecule has 1 nitrogen and oxygen atoms in total. The lowest BCUT2D eigenvalue weighted by atomic mass is 9.92. The lowest BCUT2D eigenvalue weighted by Crippen LogP contribution is -2.03. The van der Waals surface area contributed by atoms with Gasteiger partial charge in [-0.05, 0) is 54.2 Å². The van der Waals surface area contributed by atoms with Gasteiger partial charge in [0.2, 0.25) is 0 Å². The number of allylic oxidation sites excluding steroid dienone is 3. The number of rotatable bonds is 6. The quantitative estimate of drug-likeness (QED) is 0.261. The van der Waals surface area contributed by atoms with E-state index < -0.39 is 0 Å². The fourth-order valence-corrected chi connectivity index (χ4v) is 3.66. The van der Waals surface area contributed by atoms with Gasteiger partial charge in [-0.25, -0.2) is 0 Å². The Kier molecular flexibility index (Phi) is 8.82. The molecule has 2 heteroatoms. The highest BCUT2D eigenvalue weighted by atomic mass is 32.1. The molecule has 0 fully saturated rings. The second-order valence-electron chi connectivity index (χ2n) is 7.13. The second-order valence-corrected chi connectivity index (χ2v) is 7.54. The molecule has 0 spiro atoms. The number of aryl methyl sites for hydroxylation is 1. The van der Waals surface area contributed by atoms with Crippen molar-refractivity contribution in [3.8, 4) is 0 Å². The van der Waals surface area contributed by atoms with Crippen molar-refractivity contribution in [3.63, 3.8) is 0 Å². The van der Waals surface area contributed by atoms with E-state index in [1.54, 1.807) is 0 Å². The molecule has 0 saturated heterocycles. The van der Waals surface area contributed by atoms with E-state index in [4.69, 9.17) is 18.0 Å². The van der Waals surface area contributed by atoms with Gasteiger partial charge in [0, 0.05) is 11.3 Å². The second kappa shape index (κ2) is 11.3. The van der Waals surface area contributed by atoms with Gasteiger partial charge in [-0.2, -0.15) is 0 Å². The van der Waals surface area contributed by atoms with E-state index in [-0.39, 0.29) is 0 Å². The van der Waals surface area contributed by atoms with Crippen LogP contribution in [0, 0.1) is 6.92 Å². The van der Waals surface area contributed by atoms with E-state index in [2.05, 4.69) is 100 Å². The Balaban J connectivity index is 0.000000370. The number of nitrogens with two attached hydrogens (primary N) is 1. The van der Waals surface area contributed by atoms with Crippen LogP contribution in [-0.2, 0) is 0 Å². The SMILES string of the molecule is C/C=C(/C(=S)c1cccc2ccccc12)c1ccccc1C.C=C(N)CCCC. The van der Waals surface area contributed by atoms with Crippen LogP contribution in [0.3, 0.4) is 0 Å². The van der Waals surface area contributed by atoms with Crippen LogP contribution in [0.2, 0.25) is 0 Å². The Bertz CT molecular complexity index is 1010. The summed E-state index contributed by atoms with van der Waals surface area (Å²) in [7, 11) is 0. The molecule has 0 radical (unpaired) electrons. The molecule has 0 unspecified atom stereocenters. The van der Waals surface area contributed by atoms with Gasteiger partial charge in [0.15, 0.2) is 0 Å². The Morgan fingerprint density at radius 2 is 1.59 bits per heavy atom. The minimum atomic E-state index is 0.807. The van der Waals surface area contributed by atoms with Crippen molar-refractivity contribution in [1.82, 2.24) is 0 Å². The third-order valence-corrected chi connectivity index (χ3v) is 5.29. The number of thiocarbonyl (C=S) groups is 1. The van der Waals surface area contributed by atoms with Crippen LogP contribution < -0.4 is 5.73 Å². The monoisotopic (exact) mass is 401 g/mol. The molecule has 29 heavy (non-hydrogen) atoms. The predicted molar refractivity (Wildman–Crippen MR) is 133 cm³/mol. The van der Waals surface area contributed by atoms with Gasteiger partial charge in [-0.15, -0.1) is 0 Å². The minimum Gasteiger partial charge on any atom is -0.403 e. The smallest absolute Gasteiger partial charge is 0.0530 e. The molecule has 0 aliphatic carbocycles. The Morgan fingerprint density at radius 3 is 2.21 bits per heavy atom. The highest BCUT2D eigenvalue weighted by Crippen LogP contribution is 2.28. The fraction of sp³-hybridized carbons (Fsp3) is 0.222. The van der Waals surface area contributed by atoms with Gasteiger partial charge in [0.05, 0.1) is 4.86 Å². The molecule has 0 aliphatic rings. The summed E-state index contributed by atoms with van der Waals surface area (Å²) in [6.07, 6.45) is 5.48. The zero-order valence-electron chi connectivity index (χ0n) is 17.7. The first-order valence-corrected chi connectivity index (χ1v) is 10.6. The van der Waals surface area contributed by atoms with Gasteiger partial charge in [-0.1, -0.05) is 105 Å². The Morgan fingerprint density at radius 1 is 0.966 bits per heavy atom. The van der Waals surface area contributed by atoms with E-state index in [0.717, 1.165) is 28.1 Å². The van der Waals surface area contributed by atoms with Crippen molar-refractivity contribution in [2.75, 3.05) is 0 Å². The lowest BCUT2D eigenvalue weighted by Gasteiger charge is -2.14. The number of benzene rings is 3. The van der Waals surface area contributed by atoms with E-state index in [0.29, 0.717) is 0 Å². The maximum Gasteiger partial charge on any atom is 0.0530 e. The lowest BCUT2D eigenvalue weighted by molar-refractivity contribution is 0.783. The first-order valence-electron chi connectivity index (χ1n) is 10.2. The van der Waals surface area contributed by atoms with E-state index in [9.17, 15) is 0 Å². The topological polar surface area (TPSA) is 26.0 Å². The number of unbranched alkanes of at least 4 members (excludes halogenated alkanes) is 1. The maximum absolute atomic E-state index is 5.84. The van der Waals surface area contributed by atoms with Crippen LogP contribution in [0.15, 0.2) is 85.1 Å². The summed E-state index contributed by atoms with van der Waals surface area (Å²) in [5.41, 5.74) is 10.8. The Hall–Kier alpha value is -2.71. The van der Waals surface area contributed by atoms with Crippen molar-refractivity contribution in [3.05, 3.63) is 102 Å². The number of hydrogen-bond donors (Lipinski definition) is 1. The molecular weight excluding hydrogens is 370 g/mol. The molecule has 150 valence electrons. The van der Waals surface area contributed by atoms with Gasteiger partial charge in [0.25, 0.3) is 0 Å². The average molecular weight is 402 g/mol.